The quantitative estimate of drug-likeness (QED) is 0.891. The van der Waals surface area contributed by atoms with Crippen LogP contribution in [0.2, 0.25) is 0 Å². The van der Waals surface area contributed by atoms with Crippen molar-refractivity contribution in [3.05, 3.63) is 34.4 Å². The van der Waals surface area contributed by atoms with Crippen molar-refractivity contribution >= 4 is 0 Å². The molecule has 1 aliphatic rings. The molecule has 0 aliphatic carbocycles. The van der Waals surface area contributed by atoms with Gasteiger partial charge in [-0.2, -0.15) is 0 Å². The summed E-state index contributed by atoms with van der Waals surface area (Å²) >= 11 is 0. The summed E-state index contributed by atoms with van der Waals surface area (Å²) in [6.45, 7) is 16.6. The molecule has 0 spiro atoms. The number of rotatable bonds is 4. The van der Waals surface area contributed by atoms with Crippen LogP contribution in [0.3, 0.4) is 0 Å². The Balaban J connectivity index is 2.42. The topological polar surface area (TPSA) is 21.3 Å². The Kier molecular flexibility index (Phi) is 5.11. The monoisotopic (exact) mass is 289 g/mol. The minimum absolute atomic E-state index is 0.306. The molecule has 2 nitrogen and oxygen atoms in total. The van der Waals surface area contributed by atoms with E-state index < -0.39 is 0 Å². The van der Waals surface area contributed by atoms with Crippen LogP contribution in [0.15, 0.2) is 12.1 Å². The predicted molar refractivity (Wildman–Crippen MR) is 89.7 cm³/mol. The summed E-state index contributed by atoms with van der Waals surface area (Å²) in [5.74, 6) is 1.10. The molecular formula is C19H31NO. The lowest BCUT2D eigenvalue weighted by Gasteiger charge is -2.31. The molecule has 1 fully saturated rings. The summed E-state index contributed by atoms with van der Waals surface area (Å²) in [5, 5.41) is 3.73. The van der Waals surface area contributed by atoms with Crippen molar-refractivity contribution in [2.24, 2.45) is 11.8 Å². The van der Waals surface area contributed by atoms with Crippen LogP contribution in [0.5, 0.6) is 0 Å². The fraction of sp³-hybridized carbons (Fsp3) is 0.684. The van der Waals surface area contributed by atoms with E-state index in [1.54, 1.807) is 0 Å². The zero-order valence-electron chi connectivity index (χ0n) is 14.7. The summed E-state index contributed by atoms with van der Waals surface area (Å²) in [6, 6.07) is 5.08. The first-order chi connectivity index (χ1) is 9.86. The lowest BCUT2D eigenvalue weighted by Crippen LogP contribution is -2.35. The average Bonchev–Trinajstić information content (AvgIpc) is 2.66. The maximum absolute atomic E-state index is 6.09. The van der Waals surface area contributed by atoms with Gasteiger partial charge in [-0.3, -0.25) is 0 Å². The molecule has 1 aromatic rings. The van der Waals surface area contributed by atoms with Gasteiger partial charge in [-0.1, -0.05) is 26.0 Å². The molecule has 5 unspecified atom stereocenters. The Labute approximate surface area is 130 Å². The van der Waals surface area contributed by atoms with Crippen molar-refractivity contribution in [2.75, 3.05) is 6.54 Å². The van der Waals surface area contributed by atoms with Gasteiger partial charge in [0.25, 0.3) is 0 Å². The van der Waals surface area contributed by atoms with Crippen LogP contribution in [0.25, 0.3) is 0 Å². The molecular weight excluding hydrogens is 258 g/mol. The van der Waals surface area contributed by atoms with Gasteiger partial charge in [0.2, 0.25) is 0 Å². The molecule has 1 aliphatic heterocycles. The normalized spacial score (nSPS) is 30.6. The summed E-state index contributed by atoms with van der Waals surface area (Å²) in [4.78, 5) is 0. The highest BCUT2D eigenvalue weighted by Gasteiger charge is 2.42. The lowest BCUT2D eigenvalue weighted by atomic mass is 9.78. The fourth-order valence-corrected chi connectivity index (χ4v) is 3.86. The zero-order valence-corrected chi connectivity index (χ0v) is 14.7. The summed E-state index contributed by atoms with van der Waals surface area (Å²) in [7, 11) is 0. The van der Waals surface area contributed by atoms with Crippen LogP contribution in [0, 0.1) is 32.6 Å². The summed E-state index contributed by atoms with van der Waals surface area (Å²) < 4.78 is 6.09. The molecule has 1 heterocycles. The SMILES string of the molecule is CCNC(c1cc(C)c(C)cc1C)C1C(C)OC(C)C1C. The zero-order chi connectivity index (χ0) is 15.7. The molecule has 1 N–H and O–H groups in total. The molecule has 21 heavy (non-hydrogen) atoms. The van der Waals surface area contributed by atoms with Crippen LogP contribution < -0.4 is 5.32 Å². The van der Waals surface area contributed by atoms with Crippen LogP contribution >= 0.6 is 0 Å². The largest absolute Gasteiger partial charge is 0.375 e. The first-order valence-corrected chi connectivity index (χ1v) is 8.33. The summed E-state index contributed by atoms with van der Waals surface area (Å²) in [6.07, 6.45) is 0.651. The van der Waals surface area contributed by atoms with Gasteiger partial charge >= 0.3 is 0 Å². The number of nitrogens with one attached hydrogen (secondary N) is 1. The molecule has 0 radical (unpaired) electrons. The van der Waals surface area contributed by atoms with E-state index >= 15 is 0 Å². The standard InChI is InChI=1S/C19H31NO/c1-8-20-19(18-14(5)15(6)21-16(18)7)17-10-12(3)11(2)9-13(17)4/h9-10,14-16,18-20H,8H2,1-7H3. The van der Waals surface area contributed by atoms with Gasteiger partial charge in [0.15, 0.2) is 0 Å². The second-order valence-electron chi connectivity index (χ2n) is 6.81. The van der Waals surface area contributed by atoms with Gasteiger partial charge in [-0.25, -0.2) is 0 Å². The molecule has 2 rings (SSSR count). The smallest absolute Gasteiger partial charge is 0.0600 e. The highest BCUT2D eigenvalue weighted by Crippen LogP contribution is 2.41. The third-order valence-corrected chi connectivity index (χ3v) is 5.35. The van der Waals surface area contributed by atoms with E-state index in [4.69, 9.17) is 4.74 Å². The molecule has 0 amide bonds. The van der Waals surface area contributed by atoms with Gasteiger partial charge < -0.3 is 10.1 Å². The maximum atomic E-state index is 6.09. The number of benzene rings is 1. The van der Waals surface area contributed by atoms with E-state index in [0.717, 1.165) is 6.54 Å². The molecule has 1 aromatic carbocycles. The van der Waals surface area contributed by atoms with Gasteiger partial charge in [-0.15, -0.1) is 0 Å². The number of aryl methyl sites for hydroxylation is 3. The van der Waals surface area contributed by atoms with Gasteiger partial charge in [0.05, 0.1) is 12.2 Å². The Hall–Kier alpha value is -0.860. The van der Waals surface area contributed by atoms with E-state index in [1.807, 2.05) is 0 Å². The minimum Gasteiger partial charge on any atom is -0.375 e. The van der Waals surface area contributed by atoms with Crippen LogP contribution in [-0.2, 0) is 4.74 Å². The van der Waals surface area contributed by atoms with Crippen molar-refractivity contribution in [3.8, 4) is 0 Å². The Morgan fingerprint density at radius 1 is 1.00 bits per heavy atom. The third kappa shape index (κ3) is 3.17. The molecule has 1 saturated heterocycles. The number of ether oxygens (including phenoxy) is 1. The fourth-order valence-electron chi connectivity index (χ4n) is 3.86. The van der Waals surface area contributed by atoms with Crippen molar-refractivity contribution in [2.45, 2.75) is 66.7 Å². The summed E-state index contributed by atoms with van der Waals surface area (Å²) in [5.41, 5.74) is 5.60. The first-order valence-electron chi connectivity index (χ1n) is 8.33. The second kappa shape index (κ2) is 6.50. The molecule has 2 heteroatoms. The average molecular weight is 289 g/mol. The van der Waals surface area contributed by atoms with E-state index in [9.17, 15) is 0 Å². The predicted octanol–water partition coefficient (Wildman–Crippen LogP) is 4.32. The van der Waals surface area contributed by atoms with Gasteiger partial charge in [0.1, 0.15) is 0 Å². The first kappa shape index (κ1) is 16.5. The second-order valence-corrected chi connectivity index (χ2v) is 6.81. The minimum atomic E-state index is 0.306. The van der Waals surface area contributed by atoms with Crippen molar-refractivity contribution in [3.63, 3.8) is 0 Å². The van der Waals surface area contributed by atoms with Gasteiger partial charge in [0, 0.05) is 12.0 Å². The molecule has 0 saturated carbocycles. The number of hydrogen-bond acceptors (Lipinski definition) is 2. The maximum Gasteiger partial charge on any atom is 0.0600 e. The Morgan fingerprint density at radius 2 is 1.62 bits per heavy atom. The van der Waals surface area contributed by atoms with Crippen molar-refractivity contribution in [1.82, 2.24) is 5.32 Å². The van der Waals surface area contributed by atoms with Crippen molar-refractivity contribution < 1.29 is 4.74 Å². The Morgan fingerprint density at radius 3 is 2.14 bits per heavy atom. The highest BCUT2D eigenvalue weighted by atomic mass is 16.5. The van der Waals surface area contributed by atoms with E-state index in [2.05, 4.69) is 65.9 Å². The van der Waals surface area contributed by atoms with Crippen molar-refractivity contribution in [1.29, 1.82) is 0 Å². The highest BCUT2D eigenvalue weighted by molar-refractivity contribution is 5.39. The van der Waals surface area contributed by atoms with Gasteiger partial charge in [-0.05, 0) is 69.3 Å². The molecule has 5 atom stereocenters. The lowest BCUT2D eigenvalue weighted by molar-refractivity contribution is 0.0475. The van der Waals surface area contributed by atoms with E-state index in [0.29, 0.717) is 30.1 Å². The van der Waals surface area contributed by atoms with E-state index in [1.165, 1.54) is 22.3 Å². The number of hydrogen-bond donors (Lipinski definition) is 1. The van der Waals surface area contributed by atoms with Crippen LogP contribution in [-0.4, -0.2) is 18.8 Å². The van der Waals surface area contributed by atoms with E-state index in [-0.39, 0.29) is 0 Å². The molecule has 0 bridgehead atoms. The van der Waals surface area contributed by atoms with Crippen LogP contribution in [0.4, 0.5) is 0 Å². The third-order valence-electron chi connectivity index (χ3n) is 5.35. The van der Waals surface area contributed by atoms with Crippen LogP contribution in [0.1, 0.15) is 56.0 Å². The molecule has 118 valence electrons. The molecule has 0 aromatic heterocycles. The Bertz CT molecular complexity index is 497.